The van der Waals surface area contributed by atoms with Gasteiger partial charge in [-0.1, -0.05) is 36.0 Å². The van der Waals surface area contributed by atoms with Gasteiger partial charge in [0.05, 0.1) is 11.4 Å². The summed E-state index contributed by atoms with van der Waals surface area (Å²) in [6.45, 7) is 0. The van der Waals surface area contributed by atoms with Crippen molar-refractivity contribution in [3.05, 3.63) is 53.0 Å². The van der Waals surface area contributed by atoms with Crippen LogP contribution in [0.25, 0.3) is 0 Å². The number of rotatable bonds is 2. The highest BCUT2D eigenvalue weighted by Gasteiger charge is 2.57. The topological polar surface area (TPSA) is 49.4 Å². The van der Waals surface area contributed by atoms with Crippen molar-refractivity contribution in [2.75, 3.05) is 10.2 Å². The normalized spacial score (nSPS) is 22.0. The molecule has 2 aliphatic rings. The van der Waals surface area contributed by atoms with Crippen molar-refractivity contribution in [3.8, 4) is 0 Å². The summed E-state index contributed by atoms with van der Waals surface area (Å²) in [6.07, 6.45) is 0.909. The Labute approximate surface area is 146 Å². The average Bonchev–Trinajstić information content (AvgIpc) is 3.06. The van der Waals surface area contributed by atoms with E-state index in [1.54, 1.807) is 4.90 Å². The van der Waals surface area contributed by atoms with Gasteiger partial charge in [0.25, 0.3) is 5.91 Å². The first-order valence-corrected chi connectivity index (χ1v) is 8.90. The van der Waals surface area contributed by atoms with Gasteiger partial charge in [-0.2, -0.15) is 0 Å². The fraction of sp³-hybridized carbons (Fsp3) is 0.176. The van der Waals surface area contributed by atoms with Gasteiger partial charge in [0.1, 0.15) is 0 Å². The molecule has 1 atom stereocenters. The van der Waals surface area contributed by atoms with Gasteiger partial charge in [0.15, 0.2) is 4.87 Å². The van der Waals surface area contributed by atoms with E-state index in [4.69, 9.17) is 0 Å². The van der Waals surface area contributed by atoms with E-state index in [2.05, 4.69) is 21.2 Å². The summed E-state index contributed by atoms with van der Waals surface area (Å²) in [6, 6.07) is 15.2. The van der Waals surface area contributed by atoms with Crippen LogP contribution in [-0.4, -0.2) is 16.7 Å². The number of fused-ring (bicyclic) bond motifs is 3. The van der Waals surface area contributed by atoms with Gasteiger partial charge < -0.3 is 5.32 Å². The summed E-state index contributed by atoms with van der Waals surface area (Å²) in [5.74, 6) is -0.152. The first kappa shape index (κ1) is 14.8. The standard InChI is InChI=1S/C17H13BrN2O2S/c18-11-5-1-2-6-12(11)19-16(22)17-10-9-15(21)20(17)13-7-3-4-8-14(13)23-17/h1-8H,9-10H2,(H,19,22). The second-order valence-corrected chi connectivity index (χ2v) is 7.69. The Balaban J connectivity index is 1.72. The van der Waals surface area contributed by atoms with Gasteiger partial charge in [-0.05, 0) is 46.6 Å². The summed E-state index contributed by atoms with van der Waals surface area (Å²) in [4.78, 5) is 27.2. The third-order valence-corrected chi connectivity index (χ3v) is 6.32. The number of nitrogens with one attached hydrogen (secondary N) is 1. The molecule has 1 fully saturated rings. The van der Waals surface area contributed by atoms with E-state index in [1.165, 1.54) is 11.8 Å². The van der Waals surface area contributed by atoms with E-state index in [1.807, 2.05) is 48.5 Å². The highest BCUT2D eigenvalue weighted by molar-refractivity contribution is 9.10. The van der Waals surface area contributed by atoms with Crippen LogP contribution in [0.2, 0.25) is 0 Å². The van der Waals surface area contributed by atoms with Crippen molar-refractivity contribution < 1.29 is 9.59 Å². The molecule has 4 rings (SSSR count). The van der Waals surface area contributed by atoms with Crippen LogP contribution in [0.3, 0.4) is 0 Å². The quantitative estimate of drug-likeness (QED) is 0.844. The van der Waals surface area contributed by atoms with Crippen molar-refractivity contribution in [2.24, 2.45) is 0 Å². The van der Waals surface area contributed by atoms with Crippen molar-refractivity contribution in [1.82, 2.24) is 0 Å². The number of hydrogen-bond donors (Lipinski definition) is 1. The van der Waals surface area contributed by atoms with Crippen LogP contribution in [0.5, 0.6) is 0 Å². The van der Waals surface area contributed by atoms with Crippen LogP contribution < -0.4 is 10.2 Å². The number of benzene rings is 2. The van der Waals surface area contributed by atoms with E-state index in [0.717, 1.165) is 15.1 Å². The van der Waals surface area contributed by atoms with E-state index in [0.29, 0.717) is 18.5 Å². The number of carbonyl (C=O) groups excluding carboxylic acids is 2. The predicted octanol–water partition coefficient (Wildman–Crippen LogP) is 4.02. The molecule has 2 aromatic carbocycles. The monoisotopic (exact) mass is 388 g/mol. The summed E-state index contributed by atoms with van der Waals surface area (Å²) in [5.41, 5.74) is 1.55. The highest BCUT2D eigenvalue weighted by Crippen LogP contribution is 2.56. The number of amides is 2. The van der Waals surface area contributed by atoms with Crippen LogP contribution in [0.4, 0.5) is 11.4 Å². The van der Waals surface area contributed by atoms with Crippen molar-refractivity contribution in [2.45, 2.75) is 22.6 Å². The van der Waals surface area contributed by atoms with Gasteiger partial charge in [-0.3, -0.25) is 14.5 Å². The zero-order valence-corrected chi connectivity index (χ0v) is 14.5. The number of thioether (sulfide) groups is 1. The molecule has 2 amide bonds. The molecular weight excluding hydrogens is 376 g/mol. The Morgan fingerprint density at radius 3 is 2.74 bits per heavy atom. The third-order valence-electron chi connectivity index (χ3n) is 4.15. The molecule has 0 aliphatic carbocycles. The minimum Gasteiger partial charge on any atom is -0.322 e. The van der Waals surface area contributed by atoms with Crippen LogP contribution in [0.1, 0.15) is 12.8 Å². The number of halogens is 1. The third kappa shape index (κ3) is 2.20. The minimum absolute atomic E-state index is 0.00438. The molecule has 4 nitrogen and oxygen atoms in total. The second kappa shape index (κ2) is 5.39. The number of hydrogen-bond acceptors (Lipinski definition) is 3. The fourth-order valence-corrected chi connectivity index (χ4v) is 4.88. The highest BCUT2D eigenvalue weighted by atomic mass is 79.9. The summed E-state index contributed by atoms with van der Waals surface area (Å²) in [5, 5.41) is 2.97. The van der Waals surface area contributed by atoms with Crippen molar-refractivity contribution >= 4 is 50.9 Å². The molecule has 0 spiro atoms. The van der Waals surface area contributed by atoms with Gasteiger partial charge in [-0.15, -0.1) is 0 Å². The Hall–Kier alpha value is -1.79. The number of anilines is 2. The molecule has 2 aliphatic heterocycles. The molecule has 0 aromatic heterocycles. The summed E-state index contributed by atoms with van der Waals surface area (Å²) in [7, 11) is 0. The number of para-hydroxylation sites is 2. The molecule has 0 saturated carbocycles. The van der Waals surface area contributed by atoms with Crippen LogP contribution in [0.15, 0.2) is 57.9 Å². The largest absolute Gasteiger partial charge is 0.322 e. The lowest BCUT2D eigenvalue weighted by Gasteiger charge is -2.29. The second-order valence-electron chi connectivity index (χ2n) is 5.52. The average molecular weight is 389 g/mol. The Morgan fingerprint density at radius 1 is 1.17 bits per heavy atom. The molecule has 1 N–H and O–H groups in total. The van der Waals surface area contributed by atoms with Crippen molar-refractivity contribution in [3.63, 3.8) is 0 Å². The molecule has 0 bridgehead atoms. The number of carbonyl (C=O) groups is 2. The first-order valence-electron chi connectivity index (χ1n) is 7.29. The van der Waals surface area contributed by atoms with Crippen molar-refractivity contribution in [1.29, 1.82) is 0 Å². The molecule has 1 saturated heterocycles. The number of nitrogens with zero attached hydrogens (tertiary/aromatic N) is 1. The molecular formula is C17H13BrN2O2S. The van der Waals surface area contributed by atoms with Gasteiger partial charge in [-0.25, -0.2) is 0 Å². The zero-order chi connectivity index (χ0) is 16.0. The molecule has 6 heteroatoms. The van der Waals surface area contributed by atoms with Gasteiger partial charge in [0, 0.05) is 15.8 Å². The van der Waals surface area contributed by atoms with Gasteiger partial charge >= 0.3 is 0 Å². The maximum Gasteiger partial charge on any atom is 0.261 e. The fourth-order valence-electron chi connectivity index (χ4n) is 3.08. The van der Waals surface area contributed by atoms with Crippen LogP contribution in [-0.2, 0) is 9.59 Å². The Kier molecular flexibility index (Phi) is 3.46. The zero-order valence-electron chi connectivity index (χ0n) is 12.1. The lowest BCUT2D eigenvalue weighted by atomic mass is 10.1. The maximum atomic E-state index is 13.0. The van der Waals surface area contributed by atoms with E-state index in [-0.39, 0.29) is 11.8 Å². The Bertz CT molecular complexity index is 826. The molecule has 1 unspecified atom stereocenters. The predicted molar refractivity (Wildman–Crippen MR) is 94.5 cm³/mol. The molecule has 23 heavy (non-hydrogen) atoms. The molecule has 2 heterocycles. The van der Waals surface area contributed by atoms with E-state index < -0.39 is 4.87 Å². The maximum absolute atomic E-state index is 13.0. The van der Waals surface area contributed by atoms with E-state index in [9.17, 15) is 9.59 Å². The first-order chi connectivity index (χ1) is 11.1. The lowest BCUT2D eigenvalue weighted by Crippen LogP contribution is -2.49. The Morgan fingerprint density at radius 2 is 1.91 bits per heavy atom. The SMILES string of the molecule is O=C1CCC2(C(=O)Nc3ccccc3Br)Sc3ccccc3N12. The van der Waals surface area contributed by atoms with E-state index >= 15 is 0 Å². The summed E-state index contributed by atoms with van der Waals surface area (Å²) < 4.78 is 0.820. The molecule has 2 aromatic rings. The smallest absolute Gasteiger partial charge is 0.261 e. The lowest BCUT2D eigenvalue weighted by molar-refractivity contribution is -0.121. The molecule has 116 valence electrons. The van der Waals surface area contributed by atoms with Crippen LogP contribution >= 0.6 is 27.7 Å². The minimum atomic E-state index is -0.879. The molecule has 0 radical (unpaired) electrons. The van der Waals surface area contributed by atoms with Crippen LogP contribution in [0, 0.1) is 0 Å². The summed E-state index contributed by atoms with van der Waals surface area (Å²) >= 11 is 4.91. The van der Waals surface area contributed by atoms with Gasteiger partial charge in [0.2, 0.25) is 5.91 Å².